The molecule has 0 saturated carbocycles. The van der Waals surface area contributed by atoms with Gasteiger partial charge in [-0.25, -0.2) is 0 Å². The quantitative estimate of drug-likeness (QED) is 0.328. The lowest BCUT2D eigenvalue weighted by atomic mass is 10.1. The molecule has 0 radical (unpaired) electrons. The van der Waals surface area contributed by atoms with Crippen molar-refractivity contribution in [3.8, 4) is 11.5 Å². The molecule has 1 atom stereocenters. The minimum atomic E-state index is 0. The second-order valence-corrected chi connectivity index (χ2v) is 7.42. The molecule has 1 saturated heterocycles. The van der Waals surface area contributed by atoms with Crippen molar-refractivity contribution >= 4 is 35.6 Å². The Morgan fingerprint density at radius 2 is 1.97 bits per heavy atom. The van der Waals surface area contributed by atoms with Crippen molar-refractivity contribution in [2.24, 2.45) is 10.9 Å². The van der Waals surface area contributed by atoms with Crippen molar-refractivity contribution < 1.29 is 9.47 Å². The number of nitrogens with one attached hydrogen (secondary N) is 2. The van der Waals surface area contributed by atoms with E-state index < -0.39 is 0 Å². The number of rotatable bonds is 7. The molecule has 1 unspecified atom stereocenters. The highest BCUT2D eigenvalue weighted by molar-refractivity contribution is 14.0. The molecule has 1 fully saturated rings. The molecular weight excluding hydrogens is 491 g/mol. The zero-order valence-corrected chi connectivity index (χ0v) is 20.6. The molecule has 3 rings (SSSR count). The van der Waals surface area contributed by atoms with Gasteiger partial charge in [0.05, 0.1) is 14.2 Å². The molecule has 7 heteroatoms. The Bertz CT molecular complexity index is 844. The third kappa shape index (κ3) is 6.42. The zero-order valence-electron chi connectivity index (χ0n) is 18.3. The maximum Gasteiger partial charge on any atom is 0.191 e. The van der Waals surface area contributed by atoms with Gasteiger partial charge in [0.2, 0.25) is 0 Å². The van der Waals surface area contributed by atoms with Crippen molar-refractivity contribution in [3.05, 3.63) is 53.6 Å². The fourth-order valence-electron chi connectivity index (χ4n) is 3.68. The van der Waals surface area contributed by atoms with Crippen LogP contribution in [-0.4, -0.2) is 46.9 Å². The van der Waals surface area contributed by atoms with Crippen LogP contribution in [0.2, 0.25) is 0 Å². The highest BCUT2D eigenvalue weighted by Crippen LogP contribution is 2.26. The Balaban J connectivity index is 0.00000320. The Kier molecular flexibility index (Phi) is 9.55. The van der Waals surface area contributed by atoms with E-state index in [9.17, 15) is 0 Å². The second kappa shape index (κ2) is 11.9. The predicted octanol–water partition coefficient (Wildman–Crippen LogP) is 3.82. The molecule has 0 aliphatic carbocycles. The molecule has 2 aromatic rings. The third-order valence-corrected chi connectivity index (χ3v) is 5.37. The number of aliphatic imine (C=N–C) groups is 1. The minimum Gasteiger partial charge on any atom is -0.497 e. The van der Waals surface area contributed by atoms with Crippen LogP contribution in [-0.2, 0) is 6.54 Å². The van der Waals surface area contributed by atoms with E-state index in [-0.39, 0.29) is 24.0 Å². The number of guanidine groups is 1. The average Bonchev–Trinajstić information content (AvgIpc) is 3.23. The van der Waals surface area contributed by atoms with Crippen LogP contribution in [0.4, 0.5) is 5.69 Å². The van der Waals surface area contributed by atoms with Crippen LogP contribution in [0.25, 0.3) is 0 Å². The molecular formula is C23H33IN4O2. The van der Waals surface area contributed by atoms with Gasteiger partial charge < -0.3 is 25.0 Å². The number of anilines is 1. The Hall–Kier alpha value is -2.16. The molecule has 0 amide bonds. The van der Waals surface area contributed by atoms with Gasteiger partial charge in [-0.15, -0.1) is 24.0 Å². The van der Waals surface area contributed by atoms with E-state index in [0.717, 1.165) is 49.1 Å². The van der Waals surface area contributed by atoms with Gasteiger partial charge >= 0.3 is 0 Å². The second-order valence-electron chi connectivity index (χ2n) is 7.42. The van der Waals surface area contributed by atoms with Crippen molar-refractivity contribution in [2.75, 3.05) is 45.8 Å². The van der Waals surface area contributed by atoms with Crippen LogP contribution in [0.5, 0.6) is 11.5 Å². The smallest absolute Gasteiger partial charge is 0.191 e. The topological polar surface area (TPSA) is 58.1 Å². The number of hydrogen-bond donors (Lipinski definition) is 2. The SMILES string of the molecule is CN=C(NCc1ccc(C)cc1OC)NCC1CCN(c2cccc(OC)c2)C1.I. The van der Waals surface area contributed by atoms with Crippen molar-refractivity contribution in [1.82, 2.24) is 10.6 Å². The van der Waals surface area contributed by atoms with Gasteiger partial charge in [0.25, 0.3) is 0 Å². The number of aryl methyl sites for hydroxylation is 1. The summed E-state index contributed by atoms with van der Waals surface area (Å²) in [5.41, 5.74) is 3.53. The molecule has 2 N–H and O–H groups in total. The summed E-state index contributed by atoms with van der Waals surface area (Å²) in [7, 11) is 5.22. The number of halogens is 1. The summed E-state index contributed by atoms with van der Waals surface area (Å²) in [5, 5.41) is 6.86. The van der Waals surface area contributed by atoms with E-state index in [1.54, 1.807) is 21.3 Å². The largest absolute Gasteiger partial charge is 0.497 e. The van der Waals surface area contributed by atoms with Crippen LogP contribution in [0, 0.1) is 12.8 Å². The summed E-state index contributed by atoms with van der Waals surface area (Å²) in [4.78, 5) is 6.78. The summed E-state index contributed by atoms with van der Waals surface area (Å²) >= 11 is 0. The summed E-state index contributed by atoms with van der Waals surface area (Å²) in [6, 6.07) is 14.5. The lowest BCUT2D eigenvalue weighted by Gasteiger charge is -2.20. The number of benzene rings is 2. The minimum absolute atomic E-state index is 0. The molecule has 1 aliphatic heterocycles. The van der Waals surface area contributed by atoms with Gasteiger partial charge in [0.1, 0.15) is 11.5 Å². The molecule has 1 heterocycles. The average molecular weight is 524 g/mol. The first-order valence-electron chi connectivity index (χ1n) is 10.1. The predicted molar refractivity (Wildman–Crippen MR) is 135 cm³/mol. The summed E-state index contributed by atoms with van der Waals surface area (Å²) in [6.45, 7) is 5.72. The highest BCUT2D eigenvalue weighted by Gasteiger charge is 2.23. The van der Waals surface area contributed by atoms with Crippen LogP contribution < -0.4 is 25.0 Å². The van der Waals surface area contributed by atoms with Gasteiger partial charge in [-0.3, -0.25) is 4.99 Å². The Morgan fingerprint density at radius 1 is 1.13 bits per heavy atom. The van der Waals surface area contributed by atoms with Crippen molar-refractivity contribution in [2.45, 2.75) is 19.9 Å². The fraction of sp³-hybridized carbons (Fsp3) is 0.435. The van der Waals surface area contributed by atoms with Crippen molar-refractivity contribution in [1.29, 1.82) is 0 Å². The molecule has 0 spiro atoms. The summed E-state index contributed by atoms with van der Waals surface area (Å²) in [6.07, 6.45) is 1.16. The third-order valence-electron chi connectivity index (χ3n) is 5.37. The van der Waals surface area contributed by atoms with Crippen LogP contribution >= 0.6 is 24.0 Å². The standard InChI is InChI=1S/C23H32N4O2.HI/c1-17-8-9-19(22(12-17)29-4)15-26-23(24-2)25-14-18-10-11-27(16-18)20-6-5-7-21(13-20)28-3;/h5-9,12-13,18H,10-11,14-16H2,1-4H3,(H2,24,25,26);1H. The van der Waals surface area contributed by atoms with Gasteiger partial charge in [-0.05, 0) is 43.0 Å². The molecule has 0 bridgehead atoms. The van der Waals surface area contributed by atoms with E-state index in [1.165, 1.54) is 11.3 Å². The number of ether oxygens (including phenoxy) is 2. The first kappa shape index (κ1) is 24.1. The molecule has 2 aromatic carbocycles. The Morgan fingerprint density at radius 3 is 2.70 bits per heavy atom. The van der Waals surface area contributed by atoms with Crippen LogP contribution in [0.15, 0.2) is 47.5 Å². The first-order valence-corrected chi connectivity index (χ1v) is 10.1. The lowest BCUT2D eigenvalue weighted by molar-refractivity contribution is 0.408. The van der Waals surface area contributed by atoms with E-state index in [1.807, 2.05) is 12.1 Å². The maximum atomic E-state index is 5.49. The molecule has 6 nitrogen and oxygen atoms in total. The highest BCUT2D eigenvalue weighted by atomic mass is 127. The van der Waals surface area contributed by atoms with E-state index in [0.29, 0.717) is 12.5 Å². The van der Waals surface area contributed by atoms with Crippen LogP contribution in [0.3, 0.4) is 0 Å². The van der Waals surface area contributed by atoms with Gasteiger partial charge in [0.15, 0.2) is 5.96 Å². The monoisotopic (exact) mass is 524 g/mol. The number of methoxy groups -OCH3 is 2. The molecule has 0 aromatic heterocycles. The lowest BCUT2D eigenvalue weighted by Crippen LogP contribution is -2.40. The molecule has 30 heavy (non-hydrogen) atoms. The summed E-state index contributed by atoms with van der Waals surface area (Å²) in [5.74, 6) is 3.19. The molecule has 1 aliphatic rings. The van der Waals surface area contributed by atoms with Gasteiger partial charge in [-0.2, -0.15) is 0 Å². The van der Waals surface area contributed by atoms with Gasteiger partial charge in [0, 0.05) is 50.5 Å². The number of nitrogens with zero attached hydrogens (tertiary/aromatic N) is 2. The van der Waals surface area contributed by atoms with Crippen LogP contribution in [0.1, 0.15) is 17.5 Å². The van der Waals surface area contributed by atoms with E-state index >= 15 is 0 Å². The summed E-state index contributed by atoms with van der Waals surface area (Å²) < 4.78 is 10.8. The Labute approximate surface area is 197 Å². The molecule has 164 valence electrons. The van der Waals surface area contributed by atoms with E-state index in [4.69, 9.17) is 9.47 Å². The maximum absolute atomic E-state index is 5.49. The van der Waals surface area contributed by atoms with E-state index in [2.05, 4.69) is 57.8 Å². The van der Waals surface area contributed by atoms with Crippen molar-refractivity contribution in [3.63, 3.8) is 0 Å². The van der Waals surface area contributed by atoms with Gasteiger partial charge in [-0.1, -0.05) is 18.2 Å². The first-order chi connectivity index (χ1) is 14.1. The zero-order chi connectivity index (χ0) is 20.6. The number of hydrogen-bond acceptors (Lipinski definition) is 4. The fourth-order valence-corrected chi connectivity index (χ4v) is 3.68. The normalized spacial score (nSPS) is 16.1.